The van der Waals surface area contributed by atoms with Crippen LogP contribution < -0.4 is 15.4 Å². The number of aldehydes is 1. The van der Waals surface area contributed by atoms with E-state index in [1.807, 2.05) is 0 Å². The third-order valence-electron chi connectivity index (χ3n) is 5.35. The average molecular weight is 542 g/mol. The molecule has 0 aliphatic carbocycles. The Morgan fingerprint density at radius 3 is 2.03 bits per heavy atom. The van der Waals surface area contributed by atoms with Crippen molar-refractivity contribution in [3.05, 3.63) is 94.1 Å². The first-order valence-electron chi connectivity index (χ1n) is 10.6. The van der Waals surface area contributed by atoms with E-state index < -0.39 is 58.6 Å². The van der Waals surface area contributed by atoms with Gasteiger partial charge in [-0.05, 0) is 23.8 Å². The fourth-order valence-corrected chi connectivity index (χ4v) is 3.45. The number of hydrogen-bond donors (Lipinski definition) is 2. The maximum absolute atomic E-state index is 14.4. The number of carbonyl (C=O) groups excluding carboxylic acids is 3. The third-order valence-corrected chi connectivity index (χ3v) is 5.35. The number of rotatable bonds is 8. The zero-order valence-corrected chi connectivity index (χ0v) is 19.3. The summed E-state index contributed by atoms with van der Waals surface area (Å²) in [5.74, 6) is -12.5. The number of hydrogen-bond acceptors (Lipinski definition) is 4. The zero-order valence-electron chi connectivity index (χ0n) is 19.3. The van der Waals surface area contributed by atoms with Crippen molar-refractivity contribution < 1.29 is 49.9 Å². The van der Waals surface area contributed by atoms with Crippen LogP contribution in [0.4, 0.5) is 36.4 Å². The van der Waals surface area contributed by atoms with Crippen molar-refractivity contribution in [1.82, 2.24) is 5.32 Å². The van der Waals surface area contributed by atoms with Gasteiger partial charge in [0, 0.05) is 17.5 Å². The molecule has 1 atom stereocenters. The fourth-order valence-electron chi connectivity index (χ4n) is 3.45. The Balaban J connectivity index is 1.99. The lowest BCUT2D eigenvalue weighted by Crippen LogP contribution is -2.45. The lowest BCUT2D eigenvalue weighted by molar-refractivity contribution is -0.143. The van der Waals surface area contributed by atoms with Crippen molar-refractivity contribution in [3.8, 4) is 5.75 Å². The highest BCUT2D eigenvalue weighted by atomic mass is 19.4. The molecule has 6 nitrogen and oxygen atoms in total. The molecule has 3 aromatic carbocycles. The lowest BCUT2D eigenvalue weighted by Gasteiger charge is -2.20. The van der Waals surface area contributed by atoms with Gasteiger partial charge in [-0.1, -0.05) is 30.3 Å². The van der Waals surface area contributed by atoms with Gasteiger partial charge in [-0.25, -0.2) is 17.6 Å². The van der Waals surface area contributed by atoms with Gasteiger partial charge in [0.25, 0.3) is 5.91 Å². The van der Waals surface area contributed by atoms with E-state index in [1.165, 1.54) is 61.0 Å². The highest BCUT2D eigenvalue weighted by Crippen LogP contribution is 2.38. The summed E-state index contributed by atoms with van der Waals surface area (Å²) in [6.07, 6.45) is -5.75. The number of anilines is 1. The molecule has 3 rings (SSSR count). The first kappa shape index (κ1) is 28.2. The number of benzene rings is 3. The topological polar surface area (TPSA) is 84.5 Å². The van der Waals surface area contributed by atoms with Gasteiger partial charge < -0.3 is 15.4 Å². The fraction of sp³-hybridized carbons (Fsp3) is 0.160. The second-order valence-electron chi connectivity index (χ2n) is 7.78. The number of alkyl halides is 3. The predicted molar refractivity (Wildman–Crippen MR) is 120 cm³/mol. The number of ether oxygens (including phenoxy) is 1. The summed E-state index contributed by atoms with van der Waals surface area (Å²) in [7, 11) is 1.39. The summed E-state index contributed by atoms with van der Waals surface area (Å²) in [5, 5.41) is 3.78. The van der Waals surface area contributed by atoms with E-state index in [0.717, 1.165) is 0 Å². The van der Waals surface area contributed by atoms with Crippen LogP contribution in [0, 0.1) is 23.3 Å². The van der Waals surface area contributed by atoms with Crippen LogP contribution in [0.25, 0.3) is 0 Å². The molecule has 0 saturated carbocycles. The maximum Gasteiger partial charge on any atom is 0.422 e. The SMILES string of the molecule is COc1ccc(C[C@H](NC(=O)c2ccccc2C=O)C(=O)Nc2c(F)c(F)c(C(F)(F)F)c(F)c2F)cc1. The molecule has 0 aromatic heterocycles. The van der Waals surface area contributed by atoms with Crippen LogP contribution in [0.2, 0.25) is 0 Å². The van der Waals surface area contributed by atoms with Crippen LogP contribution in [0.15, 0.2) is 48.5 Å². The quantitative estimate of drug-likeness (QED) is 0.237. The lowest BCUT2D eigenvalue weighted by atomic mass is 10.0. The van der Waals surface area contributed by atoms with Gasteiger partial charge >= 0.3 is 6.18 Å². The molecule has 3 aromatic rings. The average Bonchev–Trinajstić information content (AvgIpc) is 2.89. The highest BCUT2D eigenvalue weighted by Gasteiger charge is 2.42. The predicted octanol–water partition coefficient (Wildman–Crippen LogP) is 5.06. The molecule has 0 bridgehead atoms. The van der Waals surface area contributed by atoms with Crippen LogP contribution in [0.5, 0.6) is 5.75 Å². The monoisotopic (exact) mass is 542 g/mol. The Hall–Kier alpha value is -4.42. The summed E-state index contributed by atoms with van der Waals surface area (Å²) in [5.41, 5.74) is -4.48. The normalized spacial score (nSPS) is 12.0. The molecule has 0 fully saturated rings. The van der Waals surface area contributed by atoms with Crippen LogP contribution in [0.1, 0.15) is 31.8 Å². The van der Waals surface area contributed by atoms with E-state index in [9.17, 15) is 45.1 Å². The van der Waals surface area contributed by atoms with Gasteiger partial charge in [0.15, 0.2) is 29.6 Å². The first-order chi connectivity index (χ1) is 17.9. The Labute approximate surface area is 210 Å². The molecule has 0 radical (unpaired) electrons. The van der Waals surface area contributed by atoms with Crippen LogP contribution in [0.3, 0.4) is 0 Å². The molecule has 0 aliphatic rings. The first-order valence-corrected chi connectivity index (χ1v) is 10.6. The van der Waals surface area contributed by atoms with Gasteiger partial charge in [-0.2, -0.15) is 13.2 Å². The maximum atomic E-state index is 14.4. The minimum Gasteiger partial charge on any atom is -0.497 e. The standard InChI is InChI=1S/C25H17F7N2O4/c1-38-14-8-6-12(7-9-14)10-16(33-23(36)15-5-3-2-4-13(15)11-35)24(37)34-22-20(28)18(26)17(25(30,31)32)19(27)21(22)29/h2-9,11,16H,10H2,1H3,(H,33,36)(H,34,37)/t16-/m0/s1. The van der Waals surface area contributed by atoms with Crippen molar-refractivity contribution in [2.24, 2.45) is 0 Å². The second-order valence-corrected chi connectivity index (χ2v) is 7.78. The summed E-state index contributed by atoms with van der Waals surface area (Å²) in [4.78, 5) is 37.0. The number of methoxy groups -OCH3 is 1. The van der Waals surface area contributed by atoms with E-state index in [-0.39, 0.29) is 17.5 Å². The molecule has 0 aliphatic heterocycles. The van der Waals surface area contributed by atoms with Gasteiger partial charge in [-0.15, -0.1) is 0 Å². The van der Waals surface area contributed by atoms with E-state index in [1.54, 1.807) is 0 Å². The van der Waals surface area contributed by atoms with E-state index in [2.05, 4.69) is 5.32 Å². The van der Waals surface area contributed by atoms with Gasteiger partial charge in [0.05, 0.1) is 7.11 Å². The largest absolute Gasteiger partial charge is 0.497 e. The molecular weight excluding hydrogens is 525 g/mol. The molecule has 2 N–H and O–H groups in total. The minimum absolute atomic E-state index is 0.0578. The molecule has 13 heteroatoms. The third kappa shape index (κ3) is 5.93. The summed E-state index contributed by atoms with van der Waals surface area (Å²) < 4.78 is 100. The van der Waals surface area contributed by atoms with Gasteiger partial charge in [0.2, 0.25) is 5.91 Å². The van der Waals surface area contributed by atoms with Crippen molar-refractivity contribution in [2.75, 3.05) is 12.4 Å². The van der Waals surface area contributed by atoms with Crippen LogP contribution in [-0.2, 0) is 17.4 Å². The number of halogens is 7. The molecule has 0 unspecified atom stereocenters. The van der Waals surface area contributed by atoms with Crippen molar-refractivity contribution in [1.29, 1.82) is 0 Å². The molecule has 38 heavy (non-hydrogen) atoms. The van der Waals surface area contributed by atoms with Crippen LogP contribution in [-0.4, -0.2) is 31.3 Å². The summed E-state index contributed by atoms with van der Waals surface area (Å²) in [6, 6.07) is 9.69. The number of nitrogens with one attached hydrogen (secondary N) is 2. The Morgan fingerprint density at radius 2 is 1.50 bits per heavy atom. The van der Waals surface area contributed by atoms with Crippen molar-refractivity contribution in [2.45, 2.75) is 18.6 Å². The van der Waals surface area contributed by atoms with E-state index in [0.29, 0.717) is 17.6 Å². The smallest absolute Gasteiger partial charge is 0.422 e. The van der Waals surface area contributed by atoms with Crippen LogP contribution >= 0.6 is 0 Å². The summed E-state index contributed by atoms with van der Waals surface area (Å²) >= 11 is 0. The molecule has 200 valence electrons. The van der Waals surface area contributed by atoms with Crippen molar-refractivity contribution >= 4 is 23.8 Å². The Kier molecular flexibility index (Phi) is 8.39. The van der Waals surface area contributed by atoms with Crippen molar-refractivity contribution in [3.63, 3.8) is 0 Å². The second kappa shape index (κ2) is 11.3. The van der Waals surface area contributed by atoms with E-state index in [4.69, 9.17) is 4.74 Å². The van der Waals surface area contributed by atoms with Gasteiger partial charge in [0.1, 0.15) is 23.0 Å². The Bertz CT molecular complexity index is 1350. The van der Waals surface area contributed by atoms with Gasteiger partial charge in [-0.3, -0.25) is 14.4 Å². The number of carbonyl (C=O) groups is 3. The number of amides is 2. The zero-order chi connectivity index (χ0) is 28.2. The molecule has 0 saturated heterocycles. The van der Waals surface area contributed by atoms with E-state index >= 15 is 0 Å². The Morgan fingerprint density at radius 1 is 0.921 bits per heavy atom. The molecule has 0 heterocycles. The summed E-state index contributed by atoms with van der Waals surface area (Å²) in [6.45, 7) is 0. The highest BCUT2D eigenvalue weighted by molar-refractivity contribution is 6.05. The minimum atomic E-state index is -5.77. The molecule has 2 amide bonds. The molecular formula is C25H17F7N2O4. The molecule has 0 spiro atoms.